The summed E-state index contributed by atoms with van der Waals surface area (Å²) >= 11 is 0. The zero-order valence-electron chi connectivity index (χ0n) is 18.2. The van der Waals surface area contributed by atoms with Crippen LogP contribution in [-0.4, -0.2) is 64.0 Å². The van der Waals surface area contributed by atoms with Crippen molar-refractivity contribution in [2.75, 3.05) is 38.1 Å². The first-order valence-electron chi connectivity index (χ1n) is 11.2. The van der Waals surface area contributed by atoms with Crippen LogP contribution in [0, 0.1) is 0 Å². The topological polar surface area (TPSA) is 107 Å². The number of hydrogen-bond acceptors (Lipinski definition) is 7. The van der Waals surface area contributed by atoms with Gasteiger partial charge in [-0.25, -0.2) is 9.97 Å². The highest BCUT2D eigenvalue weighted by Crippen LogP contribution is 2.25. The van der Waals surface area contributed by atoms with Crippen LogP contribution in [-0.2, 0) is 19.4 Å². The third-order valence-corrected chi connectivity index (χ3v) is 6.43. The molecule has 0 unspecified atom stereocenters. The molecule has 166 valence electrons. The predicted octanol–water partition coefficient (Wildman–Crippen LogP) is 1.27. The Labute approximate surface area is 185 Å². The van der Waals surface area contributed by atoms with Gasteiger partial charge < -0.3 is 15.2 Å². The highest BCUT2D eigenvalue weighted by atomic mass is 16.2. The molecule has 32 heavy (non-hydrogen) atoms. The van der Waals surface area contributed by atoms with Crippen molar-refractivity contribution in [1.82, 2.24) is 30.2 Å². The van der Waals surface area contributed by atoms with Crippen LogP contribution in [0.25, 0.3) is 11.0 Å². The maximum Gasteiger partial charge on any atom is 0.288 e. The lowest BCUT2D eigenvalue weighted by atomic mass is 9.91. The van der Waals surface area contributed by atoms with Crippen molar-refractivity contribution in [2.24, 2.45) is 0 Å². The summed E-state index contributed by atoms with van der Waals surface area (Å²) in [7, 11) is 1.56. The van der Waals surface area contributed by atoms with Crippen LogP contribution < -0.4 is 15.8 Å². The monoisotopic (exact) mass is 433 g/mol. The number of H-pyrrole nitrogens is 1. The summed E-state index contributed by atoms with van der Waals surface area (Å²) in [5.41, 5.74) is 5.94. The maximum absolute atomic E-state index is 12.5. The highest BCUT2D eigenvalue weighted by Gasteiger charge is 2.20. The number of amides is 1. The molecule has 5 rings (SSSR count). The van der Waals surface area contributed by atoms with Crippen LogP contribution in [0.1, 0.15) is 40.2 Å². The minimum Gasteiger partial charge on any atom is -0.366 e. The lowest BCUT2D eigenvalue weighted by Crippen LogP contribution is -2.46. The number of anilines is 1. The Hall–Kier alpha value is -3.33. The van der Waals surface area contributed by atoms with Gasteiger partial charge in [-0.2, -0.15) is 0 Å². The Morgan fingerprint density at radius 3 is 2.47 bits per heavy atom. The van der Waals surface area contributed by atoms with Gasteiger partial charge in [0.05, 0.1) is 29.1 Å². The third-order valence-electron chi connectivity index (χ3n) is 6.43. The maximum atomic E-state index is 12.5. The largest absolute Gasteiger partial charge is 0.366 e. The molecular weight excluding hydrogens is 406 g/mol. The number of pyridine rings is 2. The van der Waals surface area contributed by atoms with Crippen LogP contribution in [0.15, 0.2) is 29.5 Å². The second-order valence-corrected chi connectivity index (χ2v) is 8.47. The molecule has 1 aliphatic heterocycles. The number of carbonyl (C=O) groups is 1. The number of hydrogen-bond donors (Lipinski definition) is 2. The number of carbonyl (C=O) groups excluding carboxylic acids is 1. The van der Waals surface area contributed by atoms with E-state index in [9.17, 15) is 9.59 Å². The van der Waals surface area contributed by atoms with Crippen molar-refractivity contribution < 1.29 is 4.79 Å². The van der Waals surface area contributed by atoms with Crippen molar-refractivity contribution in [2.45, 2.75) is 32.2 Å². The number of fused-ring (bicyclic) bond motifs is 3. The van der Waals surface area contributed by atoms with E-state index >= 15 is 0 Å². The summed E-state index contributed by atoms with van der Waals surface area (Å²) in [6, 6.07) is 2.08. The summed E-state index contributed by atoms with van der Waals surface area (Å²) in [6.07, 6.45) is 9.36. The van der Waals surface area contributed by atoms with Gasteiger partial charge in [-0.15, -0.1) is 0 Å². The summed E-state index contributed by atoms with van der Waals surface area (Å²) in [5, 5.41) is 2.53. The van der Waals surface area contributed by atoms with E-state index in [1.54, 1.807) is 19.4 Å². The minimum atomic E-state index is -0.285. The molecule has 0 radical (unpaired) electrons. The minimum absolute atomic E-state index is 0.0458. The second kappa shape index (κ2) is 8.66. The van der Waals surface area contributed by atoms with Crippen LogP contribution in [0.4, 0.5) is 5.69 Å². The van der Waals surface area contributed by atoms with Gasteiger partial charge in [0.2, 0.25) is 5.82 Å². The molecule has 3 aromatic rings. The van der Waals surface area contributed by atoms with E-state index in [0.717, 1.165) is 91.8 Å². The second-order valence-electron chi connectivity index (χ2n) is 8.47. The Morgan fingerprint density at radius 2 is 1.75 bits per heavy atom. The van der Waals surface area contributed by atoms with Crippen molar-refractivity contribution in [1.29, 1.82) is 0 Å². The Kier molecular flexibility index (Phi) is 5.57. The Balaban J connectivity index is 1.25. The van der Waals surface area contributed by atoms with Crippen LogP contribution in [0.3, 0.4) is 0 Å². The summed E-state index contributed by atoms with van der Waals surface area (Å²) in [5.74, 6) is -0.106. The number of aromatic amines is 1. The lowest BCUT2D eigenvalue weighted by Gasteiger charge is -2.35. The first-order chi connectivity index (χ1) is 15.6. The van der Waals surface area contributed by atoms with Crippen LogP contribution in [0.2, 0.25) is 0 Å². The Bertz CT molecular complexity index is 1200. The first-order valence-corrected chi connectivity index (χ1v) is 11.2. The van der Waals surface area contributed by atoms with E-state index in [0.29, 0.717) is 0 Å². The molecule has 9 nitrogen and oxygen atoms in total. The number of piperazine rings is 1. The van der Waals surface area contributed by atoms with E-state index < -0.39 is 0 Å². The molecule has 0 atom stereocenters. The van der Waals surface area contributed by atoms with E-state index in [-0.39, 0.29) is 17.3 Å². The van der Waals surface area contributed by atoms with E-state index in [4.69, 9.17) is 4.98 Å². The average Bonchev–Trinajstić information content (AvgIpc) is 2.84. The zero-order chi connectivity index (χ0) is 22.1. The van der Waals surface area contributed by atoms with E-state index in [1.165, 1.54) is 0 Å². The number of nitrogens with zero attached hydrogens (tertiary/aromatic N) is 5. The van der Waals surface area contributed by atoms with Gasteiger partial charge in [0.1, 0.15) is 0 Å². The molecule has 0 saturated carbocycles. The zero-order valence-corrected chi connectivity index (χ0v) is 18.2. The molecule has 9 heteroatoms. The number of aryl methyl sites for hydroxylation is 1. The van der Waals surface area contributed by atoms with E-state index in [2.05, 4.69) is 36.1 Å². The van der Waals surface area contributed by atoms with Gasteiger partial charge in [-0.3, -0.25) is 19.5 Å². The third kappa shape index (κ3) is 3.95. The number of aromatic nitrogens is 4. The summed E-state index contributed by atoms with van der Waals surface area (Å²) in [4.78, 5) is 44.8. The van der Waals surface area contributed by atoms with Gasteiger partial charge >= 0.3 is 0 Å². The van der Waals surface area contributed by atoms with Crippen molar-refractivity contribution >= 4 is 22.6 Å². The molecule has 0 spiro atoms. The highest BCUT2D eigenvalue weighted by molar-refractivity contribution is 5.90. The summed E-state index contributed by atoms with van der Waals surface area (Å²) < 4.78 is 0. The predicted molar refractivity (Wildman–Crippen MR) is 122 cm³/mol. The molecule has 2 aliphatic rings. The van der Waals surface area contributed by atoms with Crippen LogP contribution >= 0.6 is 0 Å². The molecule has 0 bridgehead atoms. The Morgan fingerprint density at radius 1 is 1.03 bits per heavy atom. The fourth-order valence-electron chi connectivity index (χ4n) is 4.68. The number of rotatable bonds is 4. The molecule has 1 aliphatic carbocycles. The fraction of sp³-hybridized carbons (Fsp3) is 0.435. The molecule has 3 aromatic heterocycles. The molecule has 1 saturated heterocycles. The molecular formula is C23H27N7O2. The molecule has 4 heterocycles. The average molecular weight is 434 g/mol. The van der Waals surface area contributed by atoms with Gasteiger partial charge in [0, 0.05) is 51.5 Å². The summed E-state index contributed by atoms with van der Waals surface area (Å²) in [6.45, 7) is 4.30. The van der Waals surface area contributed by atoms with Crippen molar-refractivity contribution in [3.8, 4) is 0 Å². The van der Waals surface area contributed by atoms with E-state index in [1.807, 2.05) is 6.20 Å². The van der Waals surface area contributed by atoms with Crippen molar-refractivity contribution in [3.63, 3.8) is 0 Å². The van der Waals surface area contributed by atoms with Gasteiger partial charge in [0.15, 0.2) is 0 Å². The first kappa shape index (κ1) is 20.6. The molecule has 2 N–H and O–H groups in total. The number of nitrogens with one attached hydrogen (secondary N) is 2. The smallest absolute Gasteiger partial charge is 0.288 e. The van der Waals surface area contributed by atoms with Gasteiger partial charge in [0.25, 0.3) is 11.5 Å². The fourth-order valence-corrected chi connectivity index (χ4v) is 4.68. The molecule has 0 aromatic carbocycles. The lowest BCUT2D eigenvalue weighted by molar-refractivity contribution is 0.0952. The van der Waals surface area contributed by atoms with Gasteiger partial charge in [-0.05, 0) is 42.9 Å². The van der Waals surface area contributed by atoms with Crippen LogP contribution in [0.5, 0.6) is 0 Å². The normalized spacial score (nSPS) is 16.7. The quantitative estimate of drug-likeness (QED) is 0.638. The standard InChI is InChI=1S/C23H27N7O2/c1-24-23(32)21-26-12-16(13-27-21)30-8-6-29(7-9-30)14-15-10-19-20(25-11-15)17-4-2-3-5-18(17)22(31)28-19/h10-13H,2-9,14H2,1H3,(H,24,32)(H,28,31). The molecule has 1 amide bonds. The molecule has 1 fully saturated rings. The van der Waals surface area contributed by atoms with Gasteiger partial charge in [-0.1, -0.05) is 0 Å². The SMILES string of the molecule is CNC(=O)c1ncc(N2CCN(Cc3cnc4c5c(c(=O)[nH]c4c3)CCCC5)CC2)cn1. The van der Waals surface area contributed by atoms with Crippen molar-refractivity contribution in [3.05, 3.63) is 57.5 Å².